The van der Waals surface area contributed by atoms with Crippen LogP contribution < -0.4 is 0 Å². The van der Waals surface area contributed by atoms with E-state index in [4.69, 9.17) is 0 Å². The summed E-state index contributed by atoms with van der Waals surface area (Å²) in [6.07, 6.45) is 1.71. The van der Waals surface area contributed by atoms with Crippen molar-refractivity contribution in [3.05, 3.63) is 103 Å². The Morgan fingerprint density at radius 2 is 1.37 bits per heavy atom. The first-order valence-electron chi connectivity index (χ1n) is 12.0. The number of hydrogen-bond acceptors (Lipinski definition) is 3. The molecule has 5 aromatic rings. The van der Waals surface area contributed by atoms with Gasteiger partial charge in [-0.3, -0.25) is 4.99 Å². The van der Waals surface area contributed by atoms with Crippen LogP contribution in [0.2, 0.25) is 0 Å². The Hall–Kier alpha value is -3.95. The van der Waals surface area contributed by atoms with Crippen LogP contribution in [0.3, 0.4) is 0 Å². The molecule has 0 saturated heterocycles. The van der Waals surface area contributed by atoms with Gasteiger partial charge in [0, 0.05) is 22.9 Å². The van der Waals surface area contributed by atoms with Gasteiger partial charge in [0.05, 0.1) is 12.6 Å². The molecule has 0 aliphatic rings. The van der Waals surface area contributed by atoms with Crippen LogP contribution in [0.25, 0.3) is 43.8 Å². The van der Waals surface area contributed by atoms with Crippen molar-refractivity contribution in [1.82, 2.24) is 0 Å². The Bertz CT molecular complexity index is 1520. The lowest BCUT2D eigenvalue weighted by Crippen LogP contribution is -2.17. The molecule has 0 heterocycles. The van der Waals surface area contributed by atoms with Crippen LogP contribution in [0.4, 0.5) is 0 Å². The summed E-state index contributed by atoms with van der Waals surface area (Å²) in [6.45, 7) is 4.04. The molecule has 0 fully saturated rings. The summed E-state index contributed by atoms with van der Waals surface area (Å²) in [6, 6.07) is 32.8. The molecule has 0 aliphatic carbocycles. The first kappa shape index (κ1) is 22.8. The van der Waals surface area contributed by atoms with Crippen LogP contribution in [0, 0.1) is 5.92 Å². The van der Waals surface area contributed by atoms with E-state index in [1.165, 1.54) is 0 Å². The minimum absolute atomic E-state index is 0.0309. The Labute approximate surface area is 206 Å². The van der Waals surface area contributed by atoms with E-state index < -0.39 is 0 Å². The number of aliphatic hydroxyl groups excluding tert-OH is 1. The second kappa shape index (κ2) is 9.73. The Morgan fingerprint density at radius 3 is 2.06 bits per heavy atom. The lowest BCUT2D eigenvalue weighted by atomic mass is 9.86. The normalized spacial score (nSPS) is 12.7. The average Bonchev–Trinajstić information content (AvgIpc) is 2.89. The fourth-order valence-electron chi connectivity index (χ4n) is 4.72. The zero-order chi connectivity index (χ0) is 24.4. The topological polar surface area (TPSA) is 52.8 Å². The maximum absolute atomic E-state index is 11.7. The number of phenols is 1. The monoisotopic (exact) mass is 459 g/mol. The van der Waals surface area contributed by atoms with E-state index in [-0.39, 0.29) is 24.3 Å². The van der Waals surface area contributed by atoms with Crippen LogP contribution in [0.1, 0.15) is 19.4 Å². The molecular formula is C32H29NO2. The molecule has 2 N–H and O–H groups in total. The Balaban J connectivity index is 1.86. The molecule has 174 valence electrons. The molecule has 0 aliphatic heterocycles. The molecule has 0 unspecified atom stereocenters. The molecule has 3 nitrogen and oxygen atoms in total. The van der Waals surface area contributed by atoms with E-state index >= 15 is 0 Å². The van der Waals surface area contributed by atoms with Crippen molar-refractivity contribution in [2.75, 3.05) is 6.61 Å². The molecule has 0 aromatic heterocycles. The van der Waals surface area contributed by atoms with E-state index in [1.807, 2.05) is 62.4 Å². The summed E-state index contributed by atoms with van der Waals surface area (Å²) in [7, 11) is 0. The van der Waals surface area contributed by atoms with Gasteiger partial charge in [-0.1, -0.05) is 105 Å². The highest BCUT2D eigenvalue weighted by molar-refractivity contribution is 6.14. The SMILES string of the molecule is CC(C)[C@@H](CO)/N=C/c1cc2ccccc2c(-c2c(-c3ccccc3)ccc3ccccc23)c1O. The van der Waals surface area contributed by atoms with Gasteiger partial charge in [-0.25, -0.2) is 0 Å². The number of aliphatic imine (C=N–C) groups is 1. The predicted octanol–water partition coefficient (Wildman–Crippen LogP) is 7.47. The highest BCUT2D eigenvalue weighted by atomic mass is 16.3. The van der Waals surface area contributed by atoms with Gasteiger partial charge < -0.3 is 10.2 Å². The van der Waals surface area contributed by atoms with E-state index in [0.717, 1.165) is 43.8 Å². The van der Waals surface area contributed by atoms with E-state index in [2.05, 4.69) is 53.5 Å². The number of benzene rings is 5. The van der Waals surface area contributed by atoms with Crippen LogP contribution >= 0.6 is 0 Å². The molecule has 0 saturated carbocycles. The third kappa shape index (κ3) is 4.31. The molecule has 1 atom stereocenters. The van der Waals surface area contributed by atoms with E-state index in [9.17, 15) is 10.2 Å². The maximum Gasteiger partial charge on any atom is 0.132 e. The standard InChI is InChI=1S/C32H29NO2/c1-21(2)29(20-34)33-19-25-18-24-13-7-9-15-27(24)31(32(25)35)30-26-14-8-6-12-23(26)16-17-28(30)22-10-4-3-5-11-22/h3-19,21,29,34-35H,20H2,1-2H3/b33-19+/t29-/m1/s1. The van der Waals surface area contributed by atoms with Gasteiger partial charge >= 0.3 is 0 Å². The molecule has 0 amide bonds. The molecular weight excluding hydrogens is 430 g/mol. The third-order valence-corrected chi connectivity index (χ3v) is 6.68. The average molecular weight is 460 g/mol. The van der Waals surface area contributed by atoms with Crippen molar-refractivity contribution in [2.24, 2.45) is 10.9 Å². The van der Waals surface area contributed by atoms with Crippen molar-refractivity contribution < 1.29 is 10.2 Å². The van der Waals surface area contributed by atoms with Crippen molar-refractivity contribution >= 4 is 27.8 Å². The van der Waals surface area contributed by atoms with Crippen molar-refractivity contribution in [2.45, 2.75) is 19.9 Å². The smallest absolute Gasteiger partial charge is 0.132 e. The second-order valence-corrected chi connectivity index (χ2v) is 9.26. The van der Waals surface area contributed by atoms with Gasteiger partial charge in [0.15, 0.2) is 0 Å². The number of hydrogen-bond donors (Lipinski definition) is 2. The quantitative estimate of drug-likeness (QED) is 0.259. The summed E-state index contributed by atoms with van der Waals surface area (Å²) in [5, 5.41) is 25.7. The number of aliphatic hydroxyl groups is 1. The molecule has 0 spiro atoms. The number of nitrogens with zero attached hydrogens (tertiary/aromatic N) is 1. The number of rotatable bonds is 6. The summed E-state index contributed by atoms with van der Waals surface area (Å²) < 4.78 is 0. The van der Waals surface area contributed by atoms with E-state index in [1.54, 1.807) is 6.21 Å². The lowest BCUT2D eigenvalue weighted by molar-refractivity contribution is 0.240. The van der Waals surface area contributed by atoms with Gasteiger partial charge in [-0.05, 0) is 44.7 Å². The van der Waals surface area contributed by atoms with Crippen LogP contribution in [-0.2, 0) is 0 Å². The minimum Gasteiger partial charge on any atom is -0.507 e. The molecule has 5 aromatic carbocycles. The van der Waals surface area contributed by atoms with Crippen LogP contribution in [-0.4, -0.2) is 29.1 Å². The van der Waals surface area contributed by atoms with Gasteiger partial charge in [-0.15, -0.1) is 0 Å². The predicted molar refractivity (Wildman–Crippen MR) is 147 cm³/mol. The molecule has 0 bridgehead atoms. The highest BCUT2D eigenvalue weighted by Crippen LogP contribution is 2.46. The highest BCUT2D eigenvalue weighted by Gasteiger charge is 2.20. The van der Waals surface area contributed by atoms with Gasteiger partial charge in [0.25, 0.3) is 0 Å². The van der Waals surface area contributed by atoms with Crippen molar-refractivity contribution in [3.63, 3.8) is 0 Å². The first-order chi connectivity index (χ1) is 17.1. The number of aromatic hydroxyl groups is 1. The largest absolute Gasteiger partial charge is 0.507 e. The molecule has 35 heavy (non-hydrogen) atoms. The van der Waals surface area contributed by atoms with Gasteiger partial charge in [-0.2, -0.15) is 0 Å². The third-order valence-electron chi connectivity index (χ3n) is 6.68. The van der Waals surface area contributed by atoms with Crippen molar-refractivity contribution in [1.29, 1.82) is 0 Å². The van der Waals surface area contributed by atoms with Gasteiger partial charge in [0.2, 0.25) is 0 Å². The maximum atomic E-state index is 11.7. The van der Waals surface area contributed by atoms with Gasteiger partial charge in [0.1, 0.15) is 5.75 Å². The molecule has 5 rings (SSSR count). The van der Waals surface area contributed by atoms with Crippen LogP contribution in [0.15, 0.2) is 102 Å². The zero-order valence-electron chi connectivity index (χ0n) is 20.0. The molecule has 0 radical (unpaired) electrons. The number of phenolic OH excluding ortho intramolecular Hbond substituents is 1. The summed E-state index contributed by atoms with van der Waals surface area (Å²) in [4.78, 5) is 4.62. The summed E-state index contributed by atoms with van der Waals surface area (Å²) in [5.74, 6) is 0.391. The fourth-order valence-corrected chi connectivity index (χ4v) is 4.72. The second-order valence-electron chi connectivity index (χ2n) is 9.26. The summed E-state index contributed by atoms with van der Waals surface area (Å²) >= 11 is 0. The Morgan fingerprint density at radius 1 is 0.743 bits per heavy atom. The van der Waals surface area contributed by atoms with E-state index in [0.29, 0.717) is 5.56 Å². The fraction of sp³-hybridized carbons (Fsp3) is 0.156. The molecule has 3 heteroatoms. The zero-order valence-corrected chi connectivity index (χ0v) is 20.0. The Kier molecular flexibility index (Phi) is 6.35. The number of fused-ring (bicyclic) bond motifs is 2. The first-order valence-corrected chi connectivity index (χ1v) is 12.0. The lowest BCUT2D eigenvalue weighted by Gasteiger charge is -2.19. The summed E-state index contributed by atoms with van der Waals surface area (Å²) in [5.41, 5.74) is 4.60. The minimum atomic E-state index is -0.221. The van der Waals surface area contributed by atoms with Crippen molar-refractivity contribution in [3.8, 4) is 28.0 Å². The van der Waals surface area contributed by atoms with Crippen LogP contribution in [0.5, 0.6) is 5.75 Å².